The fraction of sp³-hybridized carbons (Fsp3) is 0.286. The Labute approximate surface area is 113 Å². The highest BCUT2D eigenvalue weighted by Gasteiger charge is 2.16. The van der Waals surface area contributed by atoms with Crippen LogP contribution >= 0.6 is 0 Å². The molecule has 0 saturated heterocycles. The monoisotopic (exact) mass is 278 g/mol. The number of benzene rings is 2. The van der Waals surface area contributed by atoms with Crippen LogP contribution in [0.3, 0.4) is 0 Å². The highest BCUT2D eigenvalue weighted by atomic mass is 32.2. The molecule has 102 valence electrons. The van der Waals surface area contributed by atoms with Gasteiger partial charge in [-0.1, -0.05) is 49.7 Å². The van der Waals surface area contributed by atoms with Gasteiger partial charge in [-0.15, -0.1) is 4.83 Å². The van der Waals surface area contributed by atoms with Crippen LogP contribution in [0.15, 0.2) is 47.4 Å². The molecule has 0 heterocycles. The summed E-state index contributed by atoms with van der Waals surface area (Å²) in [6.45, 7) is 2.68. The first-order valence-electron chi connectivity index (χ1n) is 6.37. The average molecular weight is 278 g/mol. The molecule has 0 aliphatic carbocycles. The van der Waals surface area contributed by atoms with E-state index >= 15 is 0 Å². The van der Waals surface area contributed by atoms with E-state index in [1.165, 1.54) is 0 Å². The van der Waals surface area contributed by atoms with E-state index in [2.05, 4.69) is 17.2 Å². The summed E-state index contributed by atoms with van der Waals surface area (Å²) in [5.41, 5.74) is 2.75. The molecule has 0 aromatic heterocycles. The van der Waals surface area contributed by atoms with E-state index < -0.39 is 10.0 Å². The number of sulfonamides is 1. The van der Waals surface area contributed by atoms with Gasteiger partial charge in [0.05, 0.1) is 4.90 Å². The van der Waals surface area contributed by atoms with E-state index in [4.69, 9.17) is 0 Å². The van der Waals surface area contributed by atoms with E-state index in [1.807, 2.05) is 30.3 Å². The number of hydrazine groups is 1. The van der Waals surface area contributed by atoms with Gasteiger partial charge in [0.2, 0.25) is 0 Å². The van der Waals surface area contributed by atoms with Crippen molar-refractivity contribution in [2.45, 2.75) is 24.7 Å². The van der Waals surface area contributed by atoms with Crippen LogP contribution in [0.25, 0.3) is 10.8 Å². The quantitative estimate of drug-likeness (QED) is 0.630. The first kappa shape index (κ1) is 14.0. The van der Waals surface area contributed by atoms with E-state index in [-0.39, 0.29) is 0 Å². The van der Waals surface area contributed by atoms with Gasteiger partial charge in [0.15, 0.2) is 0 Å². The zero-order valence-electron chi connectivity index (χ0n) is 10.9. The number of hydrogen-bond acceptors (Lipinski definition) is 3. The predicted molar refractivity (Wildman–Crippen MR) is 77.2 cm³/mol. The molecule has 2 rings (SSSR count). The largest absolute Gasteiger partial charge is 0.253 e. The van der Waals surface area contributed by atoms with Crippen molar-refractivity contribution in [3.8, 4) is 0 Å². The molecule has 4 nitrogen and oxygen atoms in total. The second-order valence-corrected chi connectivity index (χ2v) is 6.01. The smallest absolute Gasteiger partial charge is 0.244 e. The Morgan fingerprint density at radius 1 is 1.05 bits per heavy atom. The minimum atomic E-state index is -3.53. The Morgan fingerprint density at radius 3 is 2.58 bits per heavy atom. The van der Waals surface area contributed by atoms with Gasteiger partial charge in [0, 0.05) is 11.9 Å². The van der Waals surface area contributed by atoms with E-state index in [0.717, 1.165) is 23.6 Å². The summed E-state index contributed by atoms with van der Waals surface area (Å²) < 4.78 is 24.5. The fourth-order valence-corrected chi connectivity index (χ4v) is 3.03. The summed E-state index contributed by atoms with van der Waals surface area (Å²) in [6, 6.07) is 12.7. The van der Waals surface area contributed by atoms with Crippen LogP contribution in [0.4, 0.5) is 0 Å². The fourth-order valence-electron chi connectivity index (χ4n) is 1.90. The molecule has 0 saturated carbocycles. The van der Waals surface area contributed by atoms with Gasteiger partial charge in [-0.05, 0) is 17.9 Å². The van der Waals surface area contributed by atoms with Crippen LogP contribution in [-0.2, 0) is 10.0 Å². The normalized spacial score (nSPS) is 11.8. The first-order valence-corrected chi connectivity index (χ1v) is 7.86. The number of rotatable bonds is 6. The lowest BCUT2D eigenvalue weighted by molar-refractivity contribution is 0.549. The van der Waals surface area contributed by atoms with Crippen molar-refractivity contribution < 1.29 is 8.42 Å². The molecule has 0 fully saturated rings. The average Bonchev–Trinajstić information content (AvgIpc) is 2.43. The molecule has 0 spiro atoms. The van der Waals surface area contributed by atoms with E-state index in [9.17, 15) is 8.42 Å². The molecule has 2 aromatic carbocycles. The third-order valence-corrected chi connectivity index (χ3v) is 4.25. The molecule has 0 amide bonds. The van der Waals surface area contributed by atoms with Gasteiger partial charge in [-0.2, -0.15) is 0 Å². The zero-order chi connectivity index (χ0) is 13.7. The van der Waals surface area contributed by atoms with Crippen molar-refractivity contribution in [2.24, 2.45) is 0 Å². The Kier molecular flexibility index (Phi) is 4.52. The van der Waals surface area contributed by atoms with E-state index in [1.54, 1.807) is 12.1 Å². The second kappa shape index (κ2) is 6.14. The minimum Gasteiger partial charge on any atom is -0.244 e. The number of unbranched alkanes of at least 4 members (excludes halogenated alkanes) is 1. The minimum absolute atomic E-state index is 0.301. The van der Waals surface area contributed by atoms with Crippen LogP contribution in [0.1, 0.15) is 19.8 Å². The molecule has 5 heteroatoms. The zero-order valence-corrected chi connectivity index (χ0v) is 11.7. The Hall–Kier alpha value is -1.43. The predicted octanol–water partition coefficient (Wildman–Crippen LogP) is 2.42. The lowest BCUT2D eigenvalue weighted by atomic mass is 10.1. The maximum absolute atomic E-state index is 12.2. The molecular formula is C14H18N2O2S. The van der Waals surface area contributed by atoms with Crippen molar-refractivity contribution in [2.75, 3.05) is 6.54 Å². The van der Waals surface area contributed by atoms with Crippen molar-refractivity contribution in [3.63, 3.8) is 0 Å². The van der Waals surface area contributed by atoms with Gasteiger partial charge >= 0.3 is 0 Å². The lowest BCUT2D eigenvalue weighted by Crippen LogP contribution is -2.37. The number of nitrogens with one attached hydrogen (secondary N) is 2. The Morgan fingerprint density at radius 2 is 1.79 bits per heavy atom. The summed E-state index contributed by atoms with van der Waals surface area (Å²) in [5.74, 6) is 0. The van der Waals surface area contributed by atoms with Gasteiger partial charge in [-0.3, -0.25) is 0 Å². The standard InChI is InChI=1S/C14H18N2O2S/c1-2-3-11-15-16-19(17,18)14-10-6-8-12-7-4-5-9-13(12)14/h4-10,15-16H,2-3,11H2,1H3. The van der Waals surface area contributed by atoms with Gasteiger partial charge in [0.25, 0.3) is 10.0 Å². The summed E-state index contributed by atoms with van der Waals surface area (Å²) in [7, 11) is -3.53. The second-order valence-electron chi connectivity index (χ2n) is 4.36. The van der Waals surface area contributed by atoms with Crippen molar-refractivity contribution >= 4 is 20.8 Å². The third kappa shape index (κ3) is 3.32. The molecule has 0 radical (unpaired) electrons. The van der Waals surface area contributed by atoms with Gasteiger partial charge in [-0.25, -0.2) is 13.8 Å². The molecule has 0 bridgehead atoms. The van der Waals surface area contributed by atoms with Crippen LogP contribution < -0.4 is 10.3 Å². The molecule has 0 aliphatic heterocycles. The maximum atomic E-state index is 12.2. The topological polar surface area (TPSA) is 58.2 Å². The van der Waals surface area contributed by atoms with Gasteiger partial charge < -0.3 is 0 Å². The van der Waals surface area contributed by atoms with Gasteiger partial charge in [0.1, 0.15) is 0 Å². The molecule has 2 N–H and O–H groups in total. The van der Waals surface area contributed by atoms with Crippen LogP contribution in [0.2, 0.25) is 0 Å². The van der Waals surface area contributed by atoms with E-state index in [0.29, 0.717) is 11.4 Å². The number of fused-ring (bicyclic) bond motifs is 1. The van der Waals surface area contributed by atoms with Crippen LogP contribution in [-0.4, -0.2) is 15.0 Å². The highest BCUT2D eigenvalue weighted by molar-refractivity contribution is 7.89. The van der Waals surface area contributed by atoms with Crippen LogP contribution in [0, 0.1) is 0 Å². The van der Waals surface area contributed by atoms with Crippen molar-refractivity contribution in [1.29, 1.82) is 0 Å². The Bertz CT molecular complexity index is 648. The number of hydrogen-bond donors (Lipinski definition) is 2. The summed E-state index contributed by atoms with van der Waals surface area (Å²) in [6.07, 6.45) is 1.95. The Balaban J connectivity index is 2.28. The molecule has 0 atom stereocenters. The van der Waals surface area contributed by atoms with Crippen molar-refractivity contribution in [1.82, 2.24) is 10.3 Å². The molecule has 0 aliphatic rings. The summed E-state index contributed by atoms with van der Waals surface area (Å²) >= 11 is 0. The third-order valence-electron chi connectivity index (χ3n) is 2.90. The summed E-state index contributed by atoms with van der Waals surface area (Å²) in [5, 5.41) is 1.65. The lowest BCUT2D eigenvalue weighted by Gasteiger charge is -2.10. The highest BCUT2D eigenvalue weighted by Crippen LogP contribution is 2.22. The molecule has 19 heavy (non-hydrogen) atoms. The van der Waals surface area contributed by atoms with Crippen molar-refractivity contribution in [3.05, 3.63) is 42.5 Å². The summed E-state index contributed by atoms with van der Waals surface area (Å²) in [4.78, 5) is 2.73. The SMILES string of the molecule is CCCCNNS(=O)(=O)c1cccc2ccccc12. The molecular weight excluding hydrogens is 260 g/mol. The van der Waals surface area contributed by atoms with Crippen LogP contribution in [0.5, 0.6) is 0 Å². The first-order chi connectivity index (χ1) is 9.15. The molecule has 0 unspecified atom stereocenters. The molecule has 2 aromatic rings. The maximum Gasteiger partial charge on any atom is 0.253 e.